The van der Waals surface area contributed by atoms with Crippen LogP contribution < -0.4 is 10.6 Å². The average molecular weight is 286 g/mol. The summed E-state index contributed by atoms with van der Waals surface area (Å²) in [6.45, 7) is 0.408. The predicted octanol–water partition coefficient (Wildman–Crippen LogP) is 0.882. The first-order valence-corrected chi connectivity index (χ1v) is 6.87. The molecule has 7 nitrogen and oxygen atoms in total. The average Bonchev–Trinajstić information content (AvgIpc) is 2.43. The maximum Gasteiger partial charge on any atom is 0.315 e. The first-order valence-electron chi connectivity index (χ1n) is 6.87. The topological polar surface area (TPSA) is 105 Å². The lowest BCUT2D eigenvalue weighted by atomic mass is 9.86. The Morgan fingerprint density at radius 1 is 1.20 bits per heavy atom. The molecule has 20 heavy (non-hydrogen) atoms. The summed E-state index contributed by atoms with van der Waals surface area (Å²) in [4.78, 5) is 33.2. The Bertz CT molecular complexity index is 351. The number of hydrogen-bond donors (Lipinski definition) is 3. The van der Waals surface area contributed by atoms with E-state index in [2.05, 4.69) is 15.4 Å². The summed E-state index contributed by atoms with van der Waals surface area (Å²) in [6.07, 6.45) is 3.39. The molecule has 0 atom stereocenters. The van der Waals surface area contributed by atoms with Crippen LogP contribution in [-0.2, 0) is 14.3 Å². The van der Waals surface area contributed by atoms with Crippen molar-refractivity contribution in [2.45, 2.75) is 44.6 Å². The second-order valence-corrected chi connectivity index (χ2v) is 4.97. The van der Waals surface area contributed by atoms with E-state index >= 15 is 0 Å². The van der Waals surface area contributed by atoms with Crippen molar-refractivity contribution in [2.75, 3.05) is 13.7 Å². The van der Waals surface area contributed by atoms with Crippen LogP contribution >= 0.6 is 0 Å². The molecule has 0 aromatic rings. The van der Waals surface area contributed by atoms with Gasteiger partial charge in [-0.25, -0.2) is 4.79 Å². The van der Waals surface area contributed by atoms with Gasteiger partial charge in [0.1, 0.15) is 0 Å². The van der Waals surface area contributed by atoms with Gasteiger partial charge < -0.3 is 20.5 Å². The highest BCUT2D eigenvalue weighted by Crippen LogP contribution is 2.24. The van der Waals surface area contributed by atoms with Gasteiger partial charge in [0.05, 0.1) is 13.0 Å². The van der Waals surface area contributed by atoms with Gasteiger partial charge >= 0.3 is 18.0 Å². The van der Waals surface area contributed by atoms with Crippen molar-refractivity contribution in [3.63, 3.8) is 0 Å². The molecule has 7 heteroatoms. The van der Waals surface area contributed by atoms with Crippen LogP contribution in [0.15, 0.2) is 0 Å². The van der Waals surface area contributed by atoms with E-state index in [-0.39, 0.29) is 30.4 Å². The number of aliphatic carboxylic acids is 1. The van der Waals surface area contributed by atoms with E-state index in [0.717, 1.165) is 0 Å². The van der Waals surface area contributed by atoms with Crippen LogP contribution in [0.25, 0.3) is 0 Å². The lowest BCUT2D eigenvalue weighted by molar-refractivity contribution is -0.143. The van der Waals surface area contributed by atoms with Gasteiger partial charge in [0.2, 0.25) is 0 Å². The van der Waals surface area contributed by atoms with Gasteiger partial charge in [-0.3, -0.25) is 9.59 Å². The molecule has 0 spiro atoms. The molecule has 1 fully saturated rings. The minimum absolute atomic E-state index is 0.0335. The fraction of sp³-hybridized carbons (Fsp3) is 0.769. The number of amides is 2. The third-order valence-corrected chi connectivity index (χ3v) is 3.48. The minimum atomic E-state index is -0.754. The fourth-order valence-corrected chi connectivity index (χ4v) is 2.26. The van der Waals surface area contributed by atoms with E-state index in [0.29, 0.717) is 38.6 Å². The summed E-state index contributed by atoms with van der Waals surface area (Å²) in [7, 11) is 1.33. The summed E-state index contributed by atoms with van der Waals surface area (Å²) in [5.41, 5.74) is 0. The van der Waals surface area contributed by atoms with Crippen molar-refractivity contribution >= 4 is 18.0 Å². The molecule has 1 rings (SSSR count). The van der Waals surface area contributed by atoms with E-state index in [1.165, 1.54) is 7.11 Å². The van der Waals surface area contributed by atoms with E-state index in [1.807, 2.05) is 0 Å². The minimum Gasteiger partial charge on any atom is -0.481 e. The van der Waals surface area contributed by atoms with Gasteiger partial charge in [-0.2, -0.15) is 0 Å². The summed E-state index contributed by atoms with van der Waals surface area (Å²) in [5.74, 6) is -1.33. The Morgan fingerprint density at radius 3 is 2.40 bits per heavy atom. The van der Waals surface area contributed by atoms with Crippen LogP contribution in [0.3, 0.4) is 0 Å². The number of urea groups is 1. The molecule has 1 aliphatic rings. The quantitative estimate of drug-likeness (QED) is 0.496. The number of carboxylic acid groups (broad SMARTS) is 1. The van der Waals surface area contributed by atoms with Crippen LogP contribution in [0.5, 0.6) is 0 Å². The number of carboxylic acids is 1. The molecule has 1 aliphatic carbocycles. The zero-order valence-electron chi connectivity index (χ0n) is 11.7. The van der Waals surface area contributed by atoms with E-state index < -0.39 is 5.97 Å². The third kappa shape index (κ3) is 5.90. The highest BCUT2D eigenvalue weighted by Gasteiger charge is 2.26. The zero-order chi connectivity index (χ0) is 15.0. The molecule has 3 N–H and O–H groups in total. The Kier molecular flexibility index (Phi) is 6.83. The van der Waals surface area contributed by atoms with E-state index in [4.69, 9.17) is 5.11 Å². The smallest absolute Gasteiger partial charge is 0.315 e. The van der Waals surface area contributed by atoms with Crippen LogP contribution in [0.4, 0.5) is 4.79 Å². The Balaban J connectivity index is 2.11. The second kappa shape index (κ2) is 8.39. The maximum atomic E-state index is 11.6. The van der Waals surface area contributed by atoms with Crippen LogP contribution in [0.2, 0.25) is 0 Å². The molecule has 0 aromatic heterocycles. The molecule has 0 saturated heterocycles. The van der Waals surface area contributed by atoms with Gasteiger partial charge in [0.15, 0.2) is 0 Å². The predicted molar refractivity (Wildman–Crippen MR) is 71.2 cm³/mol. The van der Waals surface area contributed by atoms with E-state index in [1.54, 1.807) is 0 Å². The summed E-state index contributed by atoms with van der Waals surface area (Å²) >= 11 is 0. The highest BCUT2D eigenvalue weighted by molar-refractivity contribution is 5.74. The van der Waals surface area contributed by atoms with Gasteiger partial charge in [-0.05, 0) is 32.1 Å². The molecule has 0 aliphatic heterocycles. The Labute approximate surface area is 118 Å². The molecular formula is C13H22N2O5. The van der Waals surface area contributed by atoms with Gasteiger partial charge in [0.25, 0.3) is 0 Å². The zero-order valence-corrected chi connectivity index (χ0v) is 11.7. The molecule has 0 aromatic carbocycles. The molecule has 1 saturated carbocycles. The highest BCUT2D eigenvalue weighted by atomic mass is 16.5. The molecule has 0 heterocycles. The van der Waals surface area contributed by atoms with Crippen molar-refractivity contribution in [2.24, 2.45) is 5.92 Å². The normalized spacial score (nSPS) is 21.9. The lowest BCUT2D eigenvalue weighted by Gasteiger charge is -2.26. The molecular weight excluding hydrogens is 264 g/mol. The van der Waals surface area contributed by atoms with Crippen LogP contribution in [0, 0.1) is 5.92 Å². The first-order chi connectivity index (χ1) is 9.52. The number of rotatable bonds is 6. The Hall–Kier alpha value is -1.79. The molecule has 0 bridgehead atoms. The van der Waals surface area contributed by atoms with Crippen molar-refractivity contribution in [3.05, 3.63) is 0 Å². The van der Waals surface area contributed by atoms with Gasteiger partial charge in [-0.1, -0.05) is 0 Å². The third-order valence-electron chi connectivity index (χ3n) is 3.48. The van der Waals surface area contributed by atoms with E-state index in [9.17, 15) is 14.4 Å². The summed E-state index contributed by atoms with van der Waals surface area (Å²) in [5, 5.41) is 14.4. The second-order valence-electron chi connectivity index (χ2n) is 4.97. The van der Waals surface area contributed by atoms with Crippen molar-refractivity contribution in [1.29, 1.82) is 0 Å². The molecule has 0 radical (unpaired) electrons. The van der Waals surface area contributed by atoms with Crippen molar-refractivity contribution in [3.8, 4) is 0 Å². The van der Waals surface area contributed by atoms with Crippen molar-refractivity contribution in [1.82, 2.24) is 10.6 Å². The number of ether oxygens (including phenoxy) is 1. The fourth-order valence-electron chi connectivity index (χ4n) is 2.26. The number of hydrogen-bond acceptors (Lipinski definition) is 4. The lowest BCUT2D eigenvalue weighted by Crippen LogP contribution is -2.44. The first kappa shape index (κ1) is 16.3. The van der Waals surface area contributed by atoms with Crippen LogP contribution in [-0.4, -0.2) is 42.8 Å². The SMILES string of the molecule is COC(=O)CCCNC(=O)NC1CCC(C(=O)O)CC1. The van der Waals surface area contributed by atoms with Crippen LogP contribution in [0.1, 0.15) is 38.5 Å². The van der Waals surface area contributed by atoms with Gasteiger partial charge in [0, 0.05) is 19.0 Å². The number of carbonyl (C=O) groups excluding carboxylic acids is 2. The molecule has 0 unspecified atom stereocenters. The number of methoxy groups -OCH3 is 1. The van der Waals surface area contributed by atoms with Crippen molar-refractivity contribution < 1.29 is 24.2 Å². The maximum absolute atomic E-state index is 11.6. The monoisotopic (exact) mass is 286 g/mol. The summed E-state index contributed by atoms with van der Waals surface area (Å²) in [6, 6.07) is -0.236. The molecule has 114 valence electrons. The number of esters is 1. The Morgan fingerprint density at radius 2 is 1.85 bits per heavy atom. The standard InChI is InChI=1S/C13H22N2O5/c1-20-11(16)3-2-8-14-13(19)15-10-6-4-9(5-7-10)12(17)18/h9-10H,2-8H2,1H3,(H,17,18)(H2,14,15,19). The number of nitrogens with one attached hydrogen (secondary N) is 2. The summed E-state index contributed by atoms with van der Waals surface area (Å²) < 4.78 is 4.49. The molecule has 2 amide bonds. The number of carbonyl (C=O) groups is 3. The van der Waals surface area contributed by atoms with Gasteiger partial charge in [-0.15, -0.1) is 0 Å². The largest absolute Gasteiger partial charge is 0.481 e.